The molecular formula is C25H24N4O4. The minimum absolute atomic E-state index is 0.202. The number of aromatic nitrogens is 3. The Kier molecular flexibility index (Phi) is 6.08. The van der Waals surface area contributed by atoms with Crippen LogP contribution in [-0.2, 0) is 4.79 Å². The Balaban J connectivity index is 1.91. The molecule has 0 aliphatic rings. The van der Waals surface area contributed by atoms with Gasteiger partial charge in [0, 0.05) is 66.7 Å². The van der Waals surface area contributed by atoms with Gasteiger partial charge < -0.3 is 19.4 Å². The molecule has 0 aliphatic heterocycles. The van der Waals surface area contributed by atoms with Crippen LogP contribution in [0, 0.1) is 0 Å². The van der Waals surface area contributed by atoms with Crippen molar-refractivity contribution in [3.05, 3.63) is 60.7 Å². The summed E-state index contributed by atoms with van der Waals surface area (Å²) in [4.78, 5) is 37.9. The number of fused-ring (bicyclic) bond motifs is 1. The molecule has 33 heavy (non-hydrogen) atoms. The maximum absolute atomic E-state index is 12.6. The van der Waals surface area contributed by atoms with Gasteiger partial charge in [-0.2, -0.15) is 0 Å². The number of nitrogens with one attached hydrogen (secondary N) is 1. The first-order chi connectivity index (χ1) is 16.0. The molecule has 4 rings (SSSR count). The SMILES string of the molecule is CCOc1c(-c2cncc(C(=O)C(=O)N(C)C)c2)cnc2[nH]cc(-c3ccccc3OC)c12. The van der Waals surface area contributed by atoms with E-state index in [1.54, 1.807) is 25.6 Å². The van der Waals surface area contributed by atoms with Crippen molar-refractivity contribution < 1.29 is 19.1 Å². The summed E-state index contributed by atoms with van der Waals surface area (Å²) in [6.07, 6.45) is 6.55. The average molecular weight is 444 g/mol. The topological polar surface area (TPSA) is 97.4 Å². The van der Waals surface area contributed by atoms with Gasteiger partial charge in [0.05, 0.1) is 19.1 Å². The Morgan fingerprint density at radius 1 is 1.06 bits per heavy atom. The van der Waals surface area contributed by atoms with Gasteiger partial charge in [-0.15, -0.1) is 0 Å². The molecular weight excluding hydrogens is 420 g/mol. The van der Waals surface area contributed by atoms with E-state index in [2.05, 4.69) is 15.0 Å². The van der Waals surface area contributed by atoms with E-state index in [0.717, 1.165) is 22.3 Å². The van der Waals surface area contributed by atoms with Gasteiger partial charge >= 0.3 is 0 Å². The Morgan fingerprint density at radius 2 is 1.85 bits per heavy atom. The standard InChI is InChI=1S/C25H24N4O4/c1-5-33-23-18(15-10-16(12-26-11-15)22(30)25(31)29(2)3)13-27-24-21(23)19(14-28-24)17-8-6-7-9-20(17)32-4/h6-14H,5H2,1-4H3,(H,27,28). The van der Waals surface area contributed by atoms with Crippen LogP contribution < -0.4 is 9.47 Å². The van der Waals surface area contributed by atoms with E-state index in [-0.39, 0.29) is 5.56 Å². The average Bonchev–Trinajstić information content (AvgIpc) is 3.28. The molecule has 1 N–H and O–H groups in total. The minimum Gasteiger partial charge on any atom is -0.496 e. The molecule has 3 aromatic heterocycles. The van der Waals surface area contributed by atoms with Crippen molar-refractivity contribution in [1.82, 2.24) is 19.9 Å². The quantitative estimate of drug-likeness (QED) is 0.342. The van der Waals surface area contributed by atoms with Crippen LogP contribution in [0.3, 0.4) is 0 Å². The molecule has 4 aromatic rings. The zero-order valence-electron chi connectivity index (χ0n) is 18.9. The third-order valence-electron chi connectivity index (χ3n) is 5.25. The van der Waals surface area contributed by atoms with Crippen LogP contribution >= 0.6 is 0 Å². The number of aromatic amines is 1. The lowest BCUT2D eigenvalue weighted by Gasteiger charge is -2.14. The monoisotopic (exact) mass is 444 g/mol. The first-order valence-corrected chi connectivity index (χ1v) is 10.4. The zero-order chi connectivity index (χ0) is 23.5. The van der Waals surface area contributed by atoms with E-state index in [1.807, 2.05) is 37.4 Å². The van der Waals surface area contributed by atoms with Crippen LogP contribution in [-0.4, -0.2) is 59.4 Å². The highest BCUT2D eigenvalue weighted by Crippen LogP contribution is 2.43. The second kappa shape index (κ2) is 9.12. The predicted molar refractivity (Wildman–Crippen MR) is 126 cm³/mol. The van der Waals surface area contributed by atoms with Crippen LogP contribution in [0.25, 0.3) is 33.3 Å². The van der Waals surface area contributed by atoms with Gasteiger partial charge in [0.2, 0.25) is 0 Å². The van der Waals surface area contributed by atoms with Gasteiger partial charge in [-0.1, -0.05) is 18.2 Å². The molecule has 0 atom stereocenters. The number of benzene rings is 1. The van der Waals surface area contributed by atoms with E-state index in [4.69, 9.17) is 9.47 Å². The van der Waals surface area contributed by atoms with Crippen molar-refractivity contribution in [2.75, 3.05) is 27.8 Å². The van der Waals surface area contributed by atoms with Gasteiger partial charge in [-0.05, 0) is 19.1 Å². The number of pyridine rings is 2. The van der Waals surface area contributed by atoms with Crippen LogP contribution in [0.2, 0.25) is 0 Å². The number of amides is 1. The van der Waals surface area contributed by atoms with E-state index in [1.165, 1.54) is 25.2 Å². The van der Waals surface area contributed by atoms with Crippen molar-refractivity contribution in [1.29, 1.82) is 0 Å². The van der Waals surface area contributed by atoms with Crippen molar-refractivity contribution in [2.24, 2.45) is 0 Å². The second-order valence-corrected chi connectivity index (χ2v) is 7.55. The Hall–Kier alpha value is -4.20. The number of likely N-dealkylation sites (N-methyl/N-ethyl adjacent to an activating group) is 1. The molecule has 8 nitrogen and oxygen atoms in total. The molecule has 1 amide bonds. The van der Waals surface area contributed by atoms with E-state index >= 15 is 0 Å². The van der Waals surface area contributed by atoms with Gasteiger partial charge in [0.1, 0.15) is 17.1 Å². The molecule has 0 aliphatic carbocycles. The van der Waals surface area contributed by atoms with Gasteiger partial charge in [-0.3, -0.25) is 14.6 Å². The third kappa shape index (κ3) is 4.03. The smallest absolute Gasteiger partial charge is 0.294 e. The molecule has 168 valence electrons. The summed E-state index contributed by atoms with van der Waals surface area (Å²) in [6.45, 7) is 2.33. The Labute approximate surface area is 191 Å². The number of Topliss-reactive ketones (excluding diaryl/α,β-unsaturated/α-hetero) is 1. The van der Waals surface area contributed by atoms with E-state index in [0.29, 0.717) is 29.1 Å². The molecule has 0 radical (unpaired) electrons. The highest BCUT2D eigenvalue weighted by Gasteiger charge is 2.22. The number of carbonyl (C=O) groups excluding carboxylic acids is 2. The summed E-state index contributed by atoms with van der Waals surface area (Å²) in [6, 6.07) is 9.35. The van der Waals surface area contributed by atoms with Gasteiger partial charge in [-0.25, -0.2) is 4.98 Å². The Bertz CT molecular complexity index is 1340. The lowest BCUT2D eigenvalue weighted by molar-refractivity contribution is -0.124. The molecule has 8 heteroatoms. The number of nitrogens with zero attached hydrogens (tertiary/aromatic N) is 3. The molecule has 0 saturated carbocycles. The summed E-state index contributed by atoms with van der Waals surface area (Å²) >= 11 is 0. The summed E-state index contributed by atoms with van der Waals surface area (Å²) in [7, 11) is 4.70. The fraction of sp³-hybridized carbons (Fsp3) is 0.200. The molecule has 0 spiro atoms. The first kappa shape index (κ1) is 22.0. The maximum atomic E-state index is 12.6. The number of ketones is 1. The number of hydrogen-bond donors (Lipinski definition) is 1. The van der Waals surface area contributed by atoms with Crippen molar-refractivity contribution in [3.8, 4) is 33.8 Å². The van der Waals surface area contributed by atoms with Gasteiger partial charge in [0.15, 0.2) is 0 Å². The van der Waals surface area contributed by atoms with Crippen molar-refractivity contribution >= 4 is 22.7 Å². The minimum atomic E-state index is -0.627. The summed E-state index contributed by atoms with van der Waals surface area (Å²) < 4.78 is 11.7. The number of carbonyl (C=O) groups is 2. The van der Waals surface area contributed by atoms with Crippen LogP contribution in [0.1, 0.15) is 17.3 Å². The molecule has 1 aromatic carbocycles. The maximum Gasteiger partial charge on any atom is 0.294 e. The van der Waals surface area contributed by atoms with Gasteiger partial charge in [0.25, 0.3) is 11.7 Å². The molecule has 3 heterocycles. The normalized spacial score (nSPS) is 10.8. The second-order valence-electron chi connectivity index (χ2n) is 7.55. The fourth-order valence-electron chi connectivity index (χ4n) is 3.68. The molecule has 0 unspecified atom stereocenters. The largest absolute Gasteiger partial charge is 0.496 e. The number of hydrogen-bond acceptors (Lipinski definition) is 6. The number of methoxy groups -OCH3 is 1. The number of para-hydroxylation sites is 1. The van der Waals surface area contributed by atoms with Crippen LogP contribution in [0.15, 0.2) is 55.1 Å². The lowest BCUT2D eigenvalue weighted by atomic mass is 9.99. The van der Waals surface area contributed by atoms with Crippen molar-refractivity contribution in [3.63, 3.8) is 0 Å². The zero-order valence-corrected chi connectivity index (χ0v) is 18.9. The lowest BCUT2D eigenvalue weighted by Crippen LogP contribution is -2.29. The molecule has 0 bridgehead atoms. The Morgan fingerprint density at radius 3 is 2.58 bits per heavy atom. The summed E-state index contributed by atoms with van der Waals surface area (Å²) in [5, 5.41) is 0.792. The third-order valence-corrected chi connectivity index (χ3v) is 5.25. The number of rotatable bonds is 7. The van der Waals surface area contributed by atoms with E-state index < -0.39 is 11.7 Å². The fourth-order valence-corrected chi connectivity index (χ4v) is 3.68. The van der Waals surface area contributed by atoms with E-state index in [9.17, 15) is 9.59 Å². The number of ether oxygens (including phenoxy) is 2. The predicted octanol–water partition coefficient (Wildman–Crippen LogP) is 3.97. The molecule has 0 fully saturated rings. The highest BCUT2D eigenvalue weighted by atomic mass is 16.5. The molecule has 0 saturated heterocycles. The summed E-state index contributed by atoms with van der Waals surface area (Å²) in [5.41, 5.74) is 3.92. The van der Waals surface area contributed by atoms with Crippen LogP contribution in [0.4, 0.5) is 0 Å². The highest BCUT2D eigenvalue weighted by molar-refractivity contribution is 6.42. The van der Waals surface area contributed by atoms with Crippen molar-refractivity contribution in [2.45, 2.75) is 6.92 Å². The number of H-pyrrole nitrogens is 1. The van der Waals surface area contributed by atoms with Crippen LogP contribution in [0.5, 0.6) is 11.5 Å². The first-order valence-electron chi connectivity index (χ1n) is 10.4. The summed E-state index contributed by atoms with van der Waals surface area (Å²) in [5.74, 6) is 0.0899.